The van der Waals surface area contributed by atoms with Crippen molar-refractivity contribution in [2.24, 2.45) is 17.4 Å². The fourth-order valence-corrected chi connectivity index (χ4v) is 10.8. The Morgan fingerprint density at radius 2 is 1.11 bits per heavy atom. The highest BCUT2D eigenvalue weighted by Crippen LogP contribution is 2.31. The number of benzene rings is 2. The third-order valence-electron chi connectivity index (χ3n) is 15.2. The van der Waals surface area contributed by atoms with Crippen LogP contribution in [0.15, 0.2) is 54.6 Å². The summed E-state index contributed by atoms with van der Waals surface area (Å²) in [5.41, 5.74) is 13.0. The molecule has 3 aliphatic heterocycles. The van der Waals surface area contributed by atoms with E-state index in [1.807, 2.05) is 0 Å². The highest BCUT2D eigenvalue weighted by molar-refractivity contribution is 5.99. The summed E-state index contributed by atoms with van der Waals surface area (Å²) in [6.45, 7) is 8.40. The molecule has 2 aromatic rings. The molecular weight excluding hydrogens is 1220 g/mol. The largest absolute Gasteiger partial charge is 0.508 e. The van der Waals surface area contributed by atoms with Gasteiger partial charge in [-0.3, -0.25) is 62.3 Å². The van der Waals surface area contributed by atoms with Crippen LogP contribution in [0.25, 0.3) is 0 Å². The molecule has 32 nitrogen and oxygen atoms in total. The second-order valence-electron chi connectivity index (χ2n) is 23.3. The lowest BCUT2D eigenvalue weighted by molar-refractivity contribution is -0.308. The van der Waals surface area contributed by atoms with Gasteiger partial charge in [0.1, 0.15) is 66.8 Å². The molecule has 0 aromatic heterocycles. The van der Waals surface area contributed by atoms with Crippen LogP contribution in [0.3, 0.4) is 0 Å². The van der Waals surface area contributed by atoms with Crippen LogP contribution in [0.4, 0.5) is 0 Å². The second kappa shape index (κ2) is 34.9. The number of carboxylic acid groups (broad SMARTS) is 1. The van der Waals surface area contributed by atoms with Crippen LogP contribution in [0.2, 0.25) is 0 Å². The Balaban J connectivity index is 1.48. The van der Waals surface area contributed by atoms with E-state index in [1.54, 1.807) is 44.2 Å². The van der Waals surface area contributed by atoms with E-state index in [2.05, 4.69) is 31.9 Å². The number of phenols is 1. The Labute approximate surface area is 535 Å². The average molecular weight is 1310 g/mol. The molecule has 14 atom stereocenters. The number of likely N-dealkylation sites (tertiary alicyclic amines) is 2. The number of nitrogens with two attached hydrogens (primary N) is 2. The summed E-state index contributed by atoms with van der Waals surface area (Å²) in [5, 5.41) is 34.7. The number of nitrogens with zero attached hydrogens (tertiary/aromatic N) is 2. The van der Waals surface area contributed by atoms with Gasteiger partial charge in [-0.15, -0.1) is 0 Å². The van der Waals surface area contributed by atoms with Crippen LogP contribution >= 0.6 is 0 Å². The van der Waals surface area contributed by atoms with Crippen molar-refractivity contribution < 1.29 is 106 Å². The van der Waals surface area contributed by atoms with Crippen molar-refractivity contribution in [2.75, 3.05) is 26.3 Å². The molecule has 5 rings (SSSR count). The average Bonchev–Trinajstić information content (AvgIpc) is 0.918. The third-order valence-corrected chi connectivity index (χ3v) is 15.2. The zero-order chi connectivity index (χ0) is 69.0. The van der Waals surface area contributed by atoms with Crippen molar-refractivity contribution in [2.45, 2.75) is 192 Å². The molecule has 0 saturated carbocycles. The molecular formula is C61H84N10O22. The van der Waals surface area contributed by atoms with Crippen molar-refractivity contribution in [3.63, 3.8) is 0 Å². The normalized spacial score (nSPS) is 21.5. The van der Waals surface area contributed by atoms with E-state index in [0.29, 0.717) is 5.56 Å². The molecule has 93 heavy (non-hydrogen) atoms. The molecule has 0 spiro atoms. The number of carbonyl (C=O) groups is 14. The molecule has 3 saturated heterocycles. The molecule has 0 radical (unpaired) electrons. The van der Waals surface area contributed by atoms with Gasteiger partial charge in [0.25, 0.3) is 0 Å². The molecule has 0 aliphatic carbocycles. The standard InChI is InChI=1S/C61H84N10O22/c1-30(2)24-43(60(86)87)68-52(78)31(3)64-56(82)45-16-13-23-71(45)59(85)42(26-38-18-20-39(76)21-19-38)67-54(80)41(27-48(63)77)66-55(81)44(28-89-61-51(92-36(8)75)50(91-35(7)74)49(90-34(6)73)47(93-61)29-88-33(5)72)69-57(83)46-17-12-22-70(46)58(84)32(4)65-53(79)40(62)25-37-14-10-9-11-15-37/h9-11,14-15,18-21,30-32,40-47,49-51,61,76H,12-13,16-17,22-29,62H2,1-8H3,(H2,63,77)(H,64,82)(H,65,79)(H,66,81)(H,67,80)(H,68,78)(H,69,83)(H,86,87)/t31-,32-,40-,41-,42-,43-,44-,45-,46-,47+,49+,50-,51+,61+/m0/s1. The van der Waals surface area contributed by atoms with E-state index in [-0.39, 0.29) is 69.7 Å². The summed E-state index contributed by atoms with van der Waals surface area (Å²) in [5.74, 6) is -14.0. The Morgan fingerprint density at radius 3 is 1.67 bits per heavy atom. The maximum atomic E-state index is 14.9. The summed E-state index contributed by atoms with van der Waals surface area (Å²) in [7, 11) is 0. The maximum absolute atomic E-state index is 14.9. The maximum Gasteiger partial charge on any atom is 0.326 e. The smallest absolute Gasteiger partial charge is 0.326 e. The van der Waals surface area contributed by atoms with Crippen LogP contribution < -0.4 is 43.4 Å². The minimum Gasteiger partial charge on any atom is -0.508 e. The van der Waals surface area contributed by atoms with E-state index < -0.39 is 188 Å². The first-order chi connectivity index (χ1) is 43.8. The lowest BCUT2D eigenvalue weighted by Gasteiger charge is -2.44. The van der Waals surface area contributed by atoms with Gasteiger partial charge >= 0.3 is 29.8 Å². The topological polar surface area (TPSA) is 466 Å². The Bertz CT molecular complexity index is 3040. The molecule has 510 valence electrons. The van der Waals surface area contributed by atoms with Crippen LogP contribution in [0.1, 0.15) is 105 Å². The number of hydrogen-bond acceptors (Lipinski definition) is 22. The second-order valence-corrected chi connectivity index (χ2v) is 23.3. The third kappa shape index (κ3) is 22.5. The highest BCUT2D eigenvalue weighted by Gasteiger charge is 2.53. The molecule has 0 unspecified atom stereocenters. The van der Waals surface area contributed by atoms with Gasteiger partial charge in [0.2, 0.25) is 53.2 Å². The lowest BCUT2D eigenvalue weighted by atomic mass is 9.98. The fraction of sp³-hybridized carbons (Fsp3) is 0.574. The number of ether oxygens (including phenoxy) is 6. The van der Waals surface area contributed by atoms with Crippen LogP contribution in [-0.2, 0) is 108 Å². The number of aliphatic carboxylic acids is 1. The highest BCUT2D eigenvalue weighted by atomic mass is 16.7. The first-order valence-corrected chi connectivity index (χ1v) is 30.3. The van der Waals surface area contributed by atoms with Crippen LogP contribution in [-0.4, -0.2) is 214 Å². The summed E-state index contributed by atoms with van der Waals surface area (Å²) >= 11 is 0. The van der Waals surface area contributed by atoms with Crippen LogP contribution in [0.5, 0.6) is 5.75 Å². The summed E-state index contributed by atoms with van der Waals surface area (Å²) in [6, 6.07) is 1.24. The van der Waals surface area contributed by atoms with Crippen LogP contribution in [0, 0.1) is 5.92 Å². The van der Waals surface area contributed by atoms with E-state index in [1.165, 1.54) is 38.1 Å². The van der Waals surface area contributed by atoms with Crippen molar-refractivity contribution >= 4 is 83.0 Å². The first-order valence-electron chi connectivity index (χ1n) is 30.3. The molecule has 2 aromatic carbocycles. The van der Waals surface area contributed by atoms with Gasteiger partial charge in [-0.05, 0) is 81.5 Å². The van der Waals surface area contributed by atoms with Crippen molar-refractivity contribution in [1.29, 1.82) is 0 Å². The number of primary amides is 1. The SMILES string of the molecule is CC(=O)OC[C@H]1O[C@@H](OC[C@H](NC(=O)[C@@H]2CCCN2C(=O)[C@H](C)NC(=O)[C@@H](N)Cc2ccccc2)C(=O)N[C@@H](CC(N)=O)C(=O)N[C@@H](Cc2ccc(O)cc2)C(=O)N2CCC[C@H]2C(=O)N[C@@H](C)C(=O)N[C@@H](CC(C)C)C(=O)O)[C@H](OC(C)=O)[C@@H](OC(C)=O)[C@@H]1OC(C)=O. The molecule has 0 bridgehead atoms. The fourth-order valence-electron chi connectivity index (χ4n) is 10.8. The summed E-state index contributed by atoms with van der Waals surface area (Å²) in [4.78, 5) is 190. The lowest BCUT2D eigenvalue weighted by Crippen LogP contribution is -2.64. The number of carbonyl (C=O) groups excluding carboxylic acids is 13. The zero-order valence-electron chi connectivity index (χ0n) is 53.0. The Morgan fingerprint density at radius 1 is 0.581 bits per heavy atom. The van der Waals surface area contributed by atoms with Gasteiger partial charge in [-0.2, -0.15) is 0 Å². The predicted molar refractivity (Wildman–Crippen MR) is 321 cm³/mol. The Hall–Kier alpha value is -9.30. The number of aromatic hydroxyl groups is 1. The minimum absolute atomic E-state index is 0.00332. The van der Waals surface area contributed by atoms with E-state index >= 15 is 0 Å². The monoisotopic (exact) mass is 1310 g/mol. The Kier molecular flexibility index (Phi) is 28.0. The number of esters is 4. The number of nitrogens with one attached hydrogen (secondary N) is 6. The summed E-state index contributed by atoms with van der Waals surface area (Å²) < 4.78 is 33.8. The first kappa shape index (κ1) is 74.4. The molecule has 3 fully saturated rings. The number of amides is 9. The molecule has 9 amide bonds. The number of rotatable bonds is 31. The molecule has 32 heteroatoms. The van der Waals surface area contributed by atoms with Crippen molar-refractivity contribution in [3.8, 4) is 5.75 Å². The van der Waals surface area contributed by atoms with Gasteiger partial charge in [-0.25, -0.2) is 4.79 Å². The van der Waals surface area contributed by atoms with E-state index in [9.17, 15) is 77.3 Å². The van der Waals surface area contributed by atoms with Gasteiger partial charge in [0.05, 0.1) is 19.1 Å². The van der Waals surface area contributed by atoms with Crippen molar-refractivity contribution in [1.82, 2.24) is 41.7 Å². The van der Waals surface area contributed by atoms with Gasteiger partial charge < -0.3 is 91.8 Å². The van der Waals surface area contributed by atoms with Gasteiger partial charge in [0.15, 0.2) is 24.6 Å². The van der Waals surface area contributed by atoms with Gasteiger partial charge in [-0.1, -0.05) is 56.3 Å². The van der Waals surface area contributed by atoms with Crippen molar-refractivity contribution in [3.05, 3.63) is 65.7 Å². The predicted octanol–water partition coefficient (Wildman–Crippen LogP) is -2.46. The number of carboxylic acids is 1. The molecule has 3 heterocycles. The zero-order valence-corrected chi connectivity index (χ0v) is 53.0. The quantitative estimate of drug-likeness (QED) is 0.0276. The van der Waals surface area contributed by atoms with Gasteiger partial charge in [0, 0.05) is 47.2 Å². The minimum atomic E-state index is -2.02. The number of hydrogen-bond donors (Lipinski definition) is 10. The number of phenolic OH excluding ortho intramolecular Hbond substituents is 1. The molecule has 12 N–H and O–H groups in total. The van der Waals surface area contributed by atoms with E-state index in [0.717, 1.165) is 43.1 Å². The summed E-state index contributed by atoms with van der Waals surface area (Å²) in [6.07, 6.45) is -9.26. The molecule has 3 aliphatic rings. The van der Waals surface area contributed by atoms with E-state index in [4.69, 9.17) is 39.9 Å².